The molecule has 2 saturated carbocycles. The third-order valence-corrected chi connectivity index (χ3v) is 9.48. The topological polar surface area (TPSA) is 158 Å². The number of hydrogen-bond acceptors (Lipinski definition) is 8. The predicted molar refractivity (Wildman–Crippen MR) is 166 cm³/mol. The van der Waals surface area contributed by atoms with E-state index in [1.54, 1.807) is 13.8 Å². The van der Waals surface area contributed by atoms with Gasteiger partial charge >= 0.3 is 12.1 Å². The van der Waals surface area contributed by atoms with Crippen LogP contribution in [0.1, 0.15) is 57.1 Å². The van der Waals surface area contributed by atoms with Crippen molar-refractivity contribution in [1.82, 2.24) is 15.3 Å². The molecule has 0 spiro atoms. The molecule has 3 fully saturated rings. The van der Waals surface area contributed by atoms with Gasteiger partial charge in [-0.25, -0.2) is 9.59 Å². The number of carboxylic acids is 1. The van der Waals surface area contributed by atoms with Gasteiger partial charge in [0.05, 0.1) is 6.54 Å². The molecule has 2 aromatic carbocycles. The zero-order chi connectivity index (χ0) is 32.7. The van der Waals surface area contributed by atoms with E-state index >= 15 is 0 Å². The monoisotopic (exact) mass is 630 g/mol. The van der Waals surface area contributed by atoms with Gasteiger partial charge in [-0.15, -0.1) is 6.58 Å². The average Bonchev–Trinajstić information content (AvgIpc) is 3.41. The van der Waals surface area contributed by atoms with Crippen molar-refractivity contribution >= 4 is 29.6 Å². The minimum Gasteiger partial charge on any atom is -0.479 e. The van der Waals surface area contributed by atoms with E-state index in [-0.39, 0.29) is 25.5 Å². The Labute approximate surface area is 266 Å². The first-order valence-corrected chi connectivity index (χ1v) is 15.7. The van der Waals surface area contributed by atoms with Gasteiger partial charge in [-0.05, 0) is 42.7 Å². The number of ether oxygens (including phenoxy) is 1. The van der Waals surface area contributed by atoms with E-state index in [0.29, 0.717) is 23.6 Å². The molecule has 1 aliphatic heterocycles. The van der Waals surface area contributed by atoms with E-state index in [2.05, 4.69) is 17.1 Å². The Hall–Kier alpha value is -4.71. The number of nitrogens with one attached hydrogen (secondary N) is 1. The third-order valence-electron chi connectivity index (χ3n) is 9.48. The van der Waals surface area contributed by atoms with Gasteiger partial charge in [0.25, 0.3) is 0 Å². The number of hydrogen-bond donors (Lipinski definition) is 3. The molecule has 6 rings (SSSR count). The molecule has 0 aromatic heterocycles. The smallest absolute Gasteiger partial charge is 0.434 e. The fourth-order valence-corrected chi connectivity index (χ4v) is 6.55. The van der Waals surface area contributed by atoms with Gasteiger partial charge in [0, 0.05) is 23.5 Å². The number of carbonyl (C=O) groups is 4. The van der Waals surface area contributed by atoms with Crippen molar-refractivity contribution in [2.45, 2.75) is 75.8 Å². The normalized spacial score (nSPS) is 25.1. The molecule has 2 aromatic rings. The summed E-state index contributed by atoms with van der Waals surface area (Å²) in [6, 6.07) is 13.1. The fourth-order valence-electron chi connectivity index (χ4n) is 6.55. The minimum atomic E-state index is -1.52. The quantitative estimate of drug-likeness (QED) is 0.173. The van der Waals surface area contributed by atoms with Crippen LogP contribution in [0.2, 0.25) is 0 Å². The summed E-state index contributed by atoms with van der Waals surface area (Å²) in [5, 5.41) is 28.2. The summed E-state index contributed by atoms with van der Waals surface area (Å²) in [7, 11) is 0. The van der Waals surface area contributed by atoms with Crippen LogP contribution < -0.4 is 5.32 Å². The maximum absolute atomic E-state index is 14.1. The van der Waals surface area contributed by atoms with E-state index in [0.717, 1.165) is 28.7 Å². The number of hydroxylamine groups is 2. The Morgan fingerprint density at radius 1 is 1.04 bits per heavy atom. The first-order chi connectivity index (χ1) is 22.1. The number of carboxylic acid groups (broad SMARTS) is 1. The number of nitrogens with zero attached hydrogens (tertiary/aromatic N) is 3. The first kappa shape index (κ1) is 31.3. The van der Waals surface area contributed by atoms with Crippen molar-refractivity contribution in [2.75, 3.05) is 6.54 Å². The number of carbonyl (C=O) groups excluding carboxylic acids is 3. The second kappa shape index (κ2) is 12.2. The third kappa shape index (κ3) is 5.51. The minimum absolute atomic E-state index is 0.00880. The molecular weight excluding hydrogens is 592 g/mol. The second-order valence-electron chi connectivity index (χ2n) is 12.8. The molecule has 12 nitrogen and oxygen atoms in total. The van der Waals surface area contributed by atoms with Crippen molar-refractivity contribution in [3.05, 3.63) is 72.3 Å². The van der Waals surface area contributed by atoms with Crippen LogP contribution in [0.5, 0.6) is 0 Å². The highest BCUT2D eigenvalue weighted by atomic mass is 16.6. The molecular formula is C34H38N4O8. The zero-order valence-electron chi connectivity index (χ0n) is 25.8. The number of likely N-dealkylation sites (tertiary alicyclic amines) is 1. The standard InChI is InChI=1S/C34H38N4O8/c1-4-20-17-34(20,32(41)42)35-30(39)27-16-22(46-36-28-25-14-7-5-12-23(25)24-13-6-8-15-26(24)28)18-37(27)31(40)29(19(2)3)38(44)33(43)45-21-10-9-11-21/h4-8,12-15,19-22,27,29,44H,1,9-11,16-18H2,2-3H3,(H,35,39)(H,41,42)/t20-,22-,27+,29-,34+/m1/s1. The number of aliphatic carboxylic acids is 1. The summed E-state index contributed by atoms with van der Waals surface area (Å²) >= 11 is 0. The number of oxime groups is 1. The lowest BCUT2D eigenvalue weighted by Gasteiger charge is -2.34. The summed E-state index contributed by atoms with van der Waals surface area (Å²) in [6.07, 6.45) is 1.84. The molecule has 0 unspecified atom stereocenters. The molecule has 242 valence electrons. The molecule has 0 radical (unpaired) electrons. The lowest BCUT2D eigenvalue weighted by molar-refractivity contribution is -0.165. The Balaban J connectivity index is 1.27. The molecule has 1 saturated heterocycles. The van der Waals surface area contributed by atoms with Crippen molar-refractivity contribution in [3.8, 4) is 11.1 Å². The number of benzene rings is 2. The summed E-state index contributed by atoms with van der Waals surface area (Å²) < 4.78 is 5.33. The zero-order valence-corrected chi connectivity index (χ0v) is 25.8. The van der Waals surface area contributed by atoms with E-state index in [4.69, 9.17) is 9.57 Å². The first-order valence-electron chi connectivity index (χ1n) is 15.7. The largest absolute Gasteiger partial charge is 0.479 e. The molecule has 46 heavy (non-hydrogen) atoms. The average molecular weight is 631 g/mol. The van der Waals surface area contributed by atoms with E-state index < -0.39 is 59.4 Å². The van der Waals surface area contributed by atoms with Crippen LogP contribution in [0.15, 0.2) is 66.3 Å². The van der Waals surface area contributed by atoms with Crippen molar-refractivity contribution in [3.63, 3.8) is 0 Å². The van der Waals surface area contributed by atoms with Crippen LogP contribution in [0.25, 0.3) is 11.1 Å². The summed E-state index contributed by atoms with van der Waals surface area (Å²) in [5.41, 5.74) is 2.90. The van der Waals surface area contributed by atoms with Crippen molar-refractivity contribution in [1.29, 1.82) is 0 Å². The Morgan fingerprint density at radius 3 is 2.15 bits per heavy atom. The van der Waals surface area contributed by atoms with Crippen LogP contribution in [0, 0.1) is 11.8 Å². The van der Waals surface area contributed by atoms with Crippen LogP contribution in [-0.4, -0.2) is 86.2 Å². The maximum Gasteiger partial charge on any atom is 0.434 e. The Bertz CT molecular complexity index is 1560. The molecule has 3 amide bonds. The molecule has 4 aliphatic rings. The highest BCUT2D eigenvalue weighted by Crippen LogP contribution is 2.45. The van der Waals surface area contributed by atoms with Crippen LogP contribution in [0.4, 0.5) is 4.79 Å². The maximum atomic E-state index is 14.1. The Morgan fingerprint density at radius 2 is 1.65 bits per heavy atom. The van der Waals surface area contributed by atoms with Gasteiger partial charge in [-0.2, -0.15) is 5.06 Å². The molecule has 12 heteroatoms. The van der Waals surface area contributed by atoms with Gasteiger partial charge in [0.1, 0.15) is 35.5 Å². The summed E-state index contributed by atoms with van der Waals surface area (Å²) in [6.45, 7) is 6.92. The molecule has 5 atom stereocenters. The molecule has 3 N–H and O–H groups in total. The van der Waals surface area contributed by atoms with Crippen LogP contribution >= 0.6 is 0 Å². The van der Waals surface area contributed by atoms with Gasteiger partial charge < -0.3 is 24.9 Å². The molecule has 1 heterocycles. The highest BCUT2D eigenvalue weighted by Gasteiger charge is 2.61. The molecule has 3 aliphatic carbocycles. The lowest BCUT2D eigenvalue weighted by atomic mass is 9.96. The van der Waals surface area contributed by atoms with Crippen LogP contribution in [0.3, 0.4) is 0 Å². The van der Waals surface area contributed by atoms with Crippen molar-refractivity contribution in [2.24, 2.45) is 17.0 Å². The fraction of sp³-hybridized carbons (Fsp3) is 0.441. The highest BCUT2D eigenvalue weighted by molar-refractivity contribution is 6.24. The molecule has 0 bridgehead atoms. The Kier molecular flexibility index (Phi) is 8.32. The van der Waals surface area contributed by atoms with E-state index in [1.807, 2.05) is 48.5 Å². The summed E-state index contributed by atoms with van der Waals surface area (Å²) in [5.74, 6) is -3.59. The van der Waals surface area contributed by atoms with E-state index in [9.17, 15) is 29.5 Å². The SMILES string of the molecule is C=C[C@@H]1C[C@@]1(NC(=O)[C@@H]1C[C@@H](ON=C2c3ccccc3-c3ccccc32)CN1C(=O)[C@@H](C(C)C)N(O)C(=O)OC1CCC1)C(=O)O. The van der Waals surface area contributed by atoms with Crippen LogP contribution in [-0.2, 0) is 24.0 Å². The number of amides is 3. The van der Waals surface area contributed by atoms with Gasteiger partial charge in [-0.3, -0.25) is 14.8 Å². The number of rotatable bonds is 10. The predicted octanol–water partition coefficient (Wildman–Crippen LogP) is 3.96. The van der Waals surface area contributed by atoms with Gasteiger partial charge in [-0.1, -0.05) is 73.6 Å². The number of fused-ring (bicyclic) bond motifs is 3. The van der Waals surface area contributed by atoms with Crippen molar-refractivity contribution < 1.29 is 39.1 Å². The summed E-state index contributed by atoms with van der Waals surface area (Å²) in [4.78, 5) is 60.0. The van der Waals surface area contributed by atoms with Gasteiger partial charge in [0.15, 0.2) is 0 Å². The van der Waals surface area contributed by atoms with E-state index in [1.165, 1.54) is 11.0 Å². The lowest BCUT2D eigenvalue weighted by Crippen LogP contribution is -2.58. The second-order valence-corrected chi connectivity index (χ2v) is 12.8. The van der Waals surface area contributed by atoms with Gasteiger partial charge in [0.2, 0.25) is 11.8 Å².